The molecule has 3 rings (SSSR count). The van der Waals surface area contributed by atoms with Gasteiger partial charge in [-0.15, -0.1) is 0 Å². The van der Waals surface area contributed by atoms with Gasteiger partial charge in [0, 0.05) is 6.04 Å². The van der Waals surface area contributed by atoms with Gasteiger partial charge in [-0.05, 0) is 73.4 Å². The highest BCUT2D eigenvalue weighted by molar-refractivity contribution is 5.31. The molecule has 23 heavy (non-hydrogen) atoms. The monoisotopic (exact) mass is 315 g/mol. The fourth-order valence-electron chi connectivity index (χ4n) is 4.71. The second-order valence-corrected chi connectivity index (χ2v) is 8.95. The van der Waals surface area contributed by atoms with E-state index in [0.717, 1.165) is 6.54 Å². The van der Waals surface area contributed by atoms with Crippen LogP contribution in [0.5, 0.6) is 0 Å². The van der Waals surface area contributed by atoms with Crippen LogP contribution < -0.4 is 5.32 Å². The molecule has 1 aromatic rings. The van der Waals surface area contributed by atoms with Gasteiger partial charge in [0.1, 0.15) is 0 Å². The Kier molecular flexibility index (Phi) is 4.59. The molecular formula is C21H33NO. The number of hydrogen-bond acceptors (Lipinski definition) is 2. The number of benzene rings is 1. The van der Waals surface area contributed by atoms with E-state index in [2.05, 4.69) is 50.4 Å². The van der Waals surface area contributed by atoms with Crippen molar-refractivity contribution in [3.8, 4) is 0 Å². The van der Waals surface area contributed by atoms with E-state index in [1.54, 1.807) is 0 Å². The van der Waals surface area contributed by atoms with Gasteiger partial charge in [-0.3, -0.25) is 0 Å². The standard InChI is InChI=1S/C21H33NO/c1-15(23)16-9-11-21(12-10-16)13-14-22-19(21)17-5-7-18(8-6-17)20(2,3)4/h5-8,15-16,19,22-23H,9-14H2,1-4H3. The predicted octanol–water partition coefficient (Wildman–Crippen LogP) is 4.58. The summed E-state index contributed by atoms with van der Waals surface area (Å²) in [5.74, 6) is 0.505. The van der Waals surface area contributed by atoms with Crippen LogP contribution in [0, 0.1) is 11.3 Å². The van der Waals surface area contributed by atoms with Gasteiger partial charge in [-0.25, -0.2) is 0 Å². The van der Waals surface area contributed by atoms with Gasteiger partial charge in [0.05, 0.1) is 6.10 Å². The molecule has 2 fully saturated rings. The largest absolute Gasteiger partial charge is 0.393 e. The number of aliphatic hydroxyl groups excluding tert-OH is 1. The minimum absolute atomic E-state index is 0.147. The molecule has 2 atom stereocenters. The van der Waals surface area contributed by atoms with Crippen molar-refractivity contribution >= 4 is 0 Å². The summed E-state index contributed by atoms with van der Waals surface area (Å²) in [6, 6.07) is 9.79. The minimum atomic E-state index is -0.147. The molecule has 0 radical (unpaired) electrons. The maximum absolute atomic E-state index is 9.88. The van der Waals surface area contributed by atoms with Crippen LogP contribution >= 0.6 is 0 Å². The topological polar surface area (TPSA) is 32.3 Å². The molecule has 1 aliphatic heterocycles. The van der Waals surface area contributed by atoms with Crippen molar-refractivity contribution in [3.63, 3.8) is 0 Å². The highest BCUT2D eigenvalue weighted by Gasteiger charge is 2.45. The predicted molar refractivity (Wildman–Crippen MR) is 96.6 cm³/mol. The fraction of sp³-hybridized carbons (Fsp3) is 0.714. The zero-order valence-electron chi connectivity index (χ0n) is 15.2. The van der Waals surface area contributed by atoms with Gasteiger partial charge in [0.25, 0.3) is 0 Å². The van der Waals surface area contributed by atoms with E-state index in [9.17, 15) is 5.11 Å². The first-order valence-electron chi connectivity index (χ1n) is 9.34. The quantitative estimate of drug-likeness (QED) is 0.837. The number of nitrogens with one attached hydrogen (secondary N) is 1. The molecule has 2 unspecified atom stereocenters. The lowest BCUT2D eigenvalue weighted by atomic mass is 9.64. The van der Waals surface area contributed by atoms with E-state index in [4.69, 9.17) is 0 Å². The molecular weight excluding hydrogens is 282 g/mol. The average molecular weight is 316 g/mol. The van der Waals surface area contributed by atoms with Crippen molar-refractivity contribution in [2.75, 3.05) is 6.54 Å². The van der Waals surface area contributed by atoms with Crippen LogP contribution in [0.2, 0.25) is 0 Å². The number of hydrogen-bond donors (Lipinski definition) is 2. The molecule has 1 aromatic carbocycles. The highest BCUT2D eigenvalue weighted by Crippen LogP contribution is 2.53. The van der Waals surface area contributed by atoms with Crippen LogP contribution in [0.3, 0.4) is 0 Å². The fourth-order valence-corrected chi connectivity index (χ4v) is 4.71. The molecule has 2 nitrogen and oxygen atoms in total. The number of aliphatic hydroxyl groups is 1. The summed E-state index contributed by atoms with van der Waals surface area (Å²) in [6.45, 7) is 9.90. The molecule has 0 aromatic heterocycles. The molecule has 0 amide bonds. The third kappa shape index (κ3) is 3.34. The summed E-state index contributed by atoms with van der Waals surface area (Å²) in [7, 11) is 0. The summed E-state index contributed by atoms with van der Waals surface area (Å²) in [6.07, 6.45) is 5.99. The Labute approximate surface area is 141 Å². The average Bonchev–Trinajstić information content (AvgIpc) is 2.90. The van der Waals surface area contributed by atoms with Crippen LogP contribution in [-0.2, 0) is 5.41 Å². The molecule has 1 spiro atoms. The smallest absolute Gasteiger partial charge is 0.0540 e. The Bertz CT molecular complexity index is 518. The third-order valence-corrected chi connectivity index (χ3v) is 6.40. The molecule has 1 heterocycles. The van der Waals surface area contributed by atoms with Gasteiger partial charge in [-0.2, -0.15) is 0 Å². The normalized spacial score (nSPS) is 33.1. The summed E-state index contributed by atoms with van der Waals surface area (Å²) < 4.78 is 0. The Morgan fingerprint density at radius 2 is 1.70 bits per heavy atom. The lowest BCUT2D eigenvalue weighted by Crippen LogP contribution is -2.35. The molecule has 2 heteroatoms. The van der Waals surface area contributed by atoms with Gasteiger partial charge in [0.15, 0.2) is 0 Å². The van der Waals surface area contributed by atoms with E-state index < -0.39 is 0 Å². The Hall–Kier alpha value is -0.860. The van der Waals surface area contributed by atoms with Gasteiger partial charge in [-0.1, -0.05) is 45.0 Å². The summed E-state index contributed by atoms with van der Waals surface area (Å²) in [5.41, 5.74) is 3.49. The summed E-state index contributed by atoms with van der Waals surface area (Å²) in [5, 5.41) is 13.7. The molecule has 2 N–H and O–H groups in total. The van der Waals surface area contributed by atoms with E-state index >= 15 is 0 Å². The molecule has 2 aliphatic rings. The van der Waals surface area contributed by atoms with Crippen LogP contribution in [0.4, 0.5) is 0 Å². The minimum Gasteiger partial charge on any atom is -0.393 e. The molecule has 1 aliphatic carbocycles. The molecule has 128 valence electrons. The first kappa shape index (κ1) is 17.0. The maximum Gasteiger partial charge on any atom is 0.0540 e. The molecule has 1 saturated heterocycles. The number of rotatable bonds is 2. The van der Waals surface area contributed by atoms with Crippen LogP contribution in [0.15, 0.2) is 24.3 Å². The van der Waals surface area contributed by atoms with Gasteiger partial charge < -0.3 is 10.4 Å². The van der Waals surface area contributed by atoms with E-state index in [0.29, 0.717) is 17.4 Å². The lowest BCUT2D eigenvalue weighted by molar-refractivity contribution is 0.0509. The molecule has 1 saturated carbocycles. The Morgan fingerprint density at radius 3 is 2.22 bits per heavy atom. The summed E-state index contributed by atoms with van der Waals surface area (Å²) >= 11 is 0. The van der Waals surface area contributed by atoms with Crippen LogP contribution in [0.25, 0.3) is 0 Å². The Balaban J connectivity index is 1.77. The van der Waals surface area contributed by atoms with Crippen molar-refractivity contribution in [2.24, 2.45) is 11.3 Å². The van der Waals surface area contributed by atoms with Crippen molar-refractivity contribution in [2.45, 2.75) is 77.4 Å². The zero-order chi connectivity index (χ0) is 16.7. The first-order chi connectivity index (χ1) is 10.8. The second kappa shape index (κ2) is 6.22. The van der Waals surface area contributed by atoms with Crippen molar-refractivity contribution < 1.29 is 5.11 Å². The van der Waals surface area contributed by atoms with Crippen molar-refractivity contribution in [1.29, 1.82) is 0 Å². The van der Waals surface area contributed by atoms with Crippen molar-refractivity contribution in [3.05, 3.63) is 35.4 Å². The van der Waals surface area contributed by atoms with E-state index in [-0.39, 0.29) is 11.5 Å². The summed E-state index contributed by atoms with van der Waals surface area (Å²) in [4.78, 5) is 0. The zero-order valence-corrected chi connectivity index (χ0v) is 15.2. The molecule has 0 bridgehead atoms. The Morgan fingerprint density at radius 1 is 1.09 bits per heavy atom. The SMILES string of the molecule is CC(O)C1CCC2(CCNC2c2ccc(C(C)(C)C)cc2)CC1. The van der Waals surface area contributed by atoms with Crippen molar-refractivity contribution in [1.82, 2.24) is 5.32 Å². The van der Waals surface area contributed by atoms with Gasteiger partial charge >= 0.3 is 0 Å². The van der Waals surface area contributed by atoms with Gasteiger partial charge in [0.2, 0.25) is 0 Å². The third-order valence-electron chi connectivity index (χ3n) is 6.40. The second-order valence-electron chi connectivity index (χ2n) is 8.95. The maximum atomic E-state index is 9.88. The van der Waals surface area contributed by atoms with E-state index in [1.807, 2.05) is 6.92 Å². The highest BCUT2D eigenvalue weighted by atomic mass is 16.3. The first-order valence-corrected chi connectivity index (χ1v) is 9.34. The lowest BCUT2D eigenvalue weighted by Gasteiger charge is -2.42. The van der Waals surface area contributed by atoms with Crippen LogP contribution in [0.1, 0.15) is 77.0 Å². The van der Waals surface area contributed by atoms with Crippen LogP contribution in [-0.4, -0.2) is 17.8 Å². The van der Waals surface area contributed by atoms with E-state index in [1.165, 1.54) is 43.2 Å².